The lowest BCUT2D eigenvalue weighted by molar-refractivity contribution is -0.139. The number of halogens is 2. The van der Waals surface area contributed by atoms with Crippen molar-refractivity contribution in [2.45, 2.75) is 58.1 Å². The van der Waals surface area contributed by atoms with Crippen LogP contribution < -0.4 is 14.4 Å². The number of hydrogen-bond donors (Lipinski definition) is 1. The first-order chi connectivity index (χ1) is 19.3. The highest BCUT2D eigenvalue weighted by molar-refractivity contribution is 7.92. The molecular weight excluding hydrogens is 585 g/mol. The highest BCUT2D eigenvalue weighted by atomic mass is 35.5. The van der Waals surface area contributed by atoms with Crippen LogP contribution in [0.15, 0.2) is 71.6 Å². The summed E-state index contributed by atoms with van der Waals surface area (Å²) in [6.07, 6.45) is 0. The van der Waals surface area contributed by atoms with E-state index in [2.05, 4.69) is 5.32 Å². The SMILES string of the molecule is CCOc1ccccc1N(CC(=O)N(Cc1ccc(Cl)cc1Cl)C(C)C(=O)NC(C)C)S(=O)(=O)c1ccc(C)cc1. The molecule has 2 amide bonds. The number of amides is 2. The van der Waals surface area contributed by atoms with Gasteiger partial charge >= 0.3 is 0 Å². The number of aryl methyl sites for hydroxylation is 1. The number of nitrogens with zero attached hydrogens (tertiary/aromatic N) is 2. The van der Waals surface area contributed by atoms with E-state index in [4.69, 9.17) is 27.9 Å². The zero-order valence-electron chi connectivity index (χ0n) is 23.7. The third-order valence-corrected chi connectivity index (χ3v) is 8.64. The minimum atomic E-state index is -4.23. The van der Waals surface area contributed by atoms with Crippen LogP contribution in [-0.2, 0) is 26.2 Å². The van der Waals surface area contributed by atoms with Crippen molar-refractivity contribution in [3.05, 3.63) is 87.9 Å². The van der Waals surface area contributed by atoms with Crippen molar-refractivity contribution >= 4 is 50.7 Å². The molecule has 0 aliphatic rings. The number of benzene rings is 3. The van der Waals surface area contributed by atoms with Gasteiger partial charge in [0.25, 0.3) is 10.0 Å². The second-order valence-corrected chi connectivity index (χ2v) is 12.5. The molecule has 3 aromatic rings. The van der Waals surface area contributed by atoms with Gasteiger partial charge in [0.1, 0.15) is 18.3 Å². The van der Waals surface area contributed by atoms with Gasteiger partial charge in [0.05, 0.1) is 17.2 Å². The minimum Gasteiger partial charge on any atom is -0.492 e. The molecule has 3 aromatic carbocycles. The van der Waals surface area contributed by atoms with Crippen LogP contribution in [0.2, 0.25) is 10.0 Å². The highest BCUT2D eigenvalue weighted by Gasteiger charge is 2.34. The lowest BCUT2D eigenvalue weighted by Gasteiger charge is -2.33. The predicted octanol–water partition coefficient (Wildman–Crippen LogP) is 5.84. The van der Waals surface area contributed by atoms with E-state index in [-0.39, 0.29) is 35.7 Å². The summed E-state index contributed by atoms with van der Waals surface area (Å²) in [6, 6.07) is 16.7. The lowest BCUT2D eigenvalue weighted by Crippen LogP contribution is -2.52. The Morgan fingerprint density at radius 1 is 0.976 bits per heavy atom. The average molecular weight is 621 g/mol. The minimum absolute atomic E-state index is 0.0140. The molecule has 0 saturated carbocycles. The Kier molecular flexibility index (Phi) is 11.1. The lowest BCUT2D eigenvalue weighted by atomic mass is 10.1. The molecule has 0 heterocycles. The van der Waals surface area contributed by atoms with Crippen LogP contribution in [0.1, 0.15) is 38.8 Å². The fraction of sp³-hybridized carbons (Fsp3) is 0.333. The summed E-state index contributed by atoms with van der Waals surface area (Å²) in [4.78, 5) is 28.5. The van der Waals surface area contributed by atoms with Crippen molar-refractivity contribution in [2.24, 2.45) is 0 Å². The third-order valence-electron chi connectivity index (χ3n) is 6.28. The van der Waals surface area contributed by atoms with Crippen molar-refractivity contribution in [3.63, 3.8) is 0 Å². The molecule has 0 aliphatic carbocycles. The molecule has 1 N–H and O–H groups in total. The molecule has 0 aliphatic heterocycles. The number of ether oxygens (including phenoxy) is 1. The number of nitrogens with one attached hydrogen (secondary N) is 1. The Labute approximate surface area is 252 Å². The second-order valence-electron chi connectivity index (χ2n) is 9.82. The standard InChI is InChI=1S/C30H35Cl2N3O5S/c1-6-40-28-10-8-7-9-27(28)35(41(38,39)25-15-11-21(4)12-16-25)19-29(36)34(22(5)30(37)33-20(2)3)18-23-13-14-24(31)17-26(23)32/h7-17,20,22H,6,18-19H2,1-5H3,(H,33,37). The predicted molar refractivity (Wildman–Crippen MR) is 163 cm³/mol. The van der Waals surface area contributed by atoms with Crippen molar-refractivity contribution in [2.75, 3.05) is 17.5 Å². The van der Waals surface area contributed by atoms with Gasteiger partial charge in [-0.3, -0.25) is 13.9 Å². The number of sulfonamides is 1. The van der Waals surface area contributed by atoms with Crippen LogP contribution in [0, 0.1) is 6.92 Å². The van der Waals surface area contributed by atoms with Gasteiger partial charge in [0.2, 0.25) is 11.8 Å². The molecule has 3 rings (SSSR count). The summed E-state index contributed by atoms with van der Waals surface area (Å²) in [7, 11) is -4.23. The number of rotatable bonds is 12. The van der Waals surface area contributed by atoms with Gasteiger partial charge in [-0.1, -0.05) is 59.1 Å². The van der Waals surface area contributed by atoms with Crippen LogP contribution >= 0.6 is 23.2 Å². The number of carbonyl (C=O) groups is 2. The fourth-order valence-electron chi connectivity index (χ4n) is 4.11. The van der Waals surface area contributed by atoms with Crippen LogP contribution in [-0.4, -0.2) is 50.4 Å². The maximum atomic E-state index is 14.1. The molecule has 11 heteroatoms. The van der Waals surface area contributed by atoms with Crippen molar-refractivity contribution in [1.82, 2.24) is 10.2 Å². The molecule has 0 radical (unpaired) electrons. The summed E-state index contributed by atoms with van der Waals surface area (Å²) in [5.74, 6) is -0.693. The summed E-state index contributed by atoms with van der Waals surface area (Å²) in [5, 5.41) is 3.56. The molecule has 0 bridgehead atoms. The van der Waals surface area contributed by atoms with Gasteiger partial charge in [-0.15, -0.1) is 0 Å². The second kappa shape index (κ2) is 14.1. The zero-order chi connectivity index (χ0) is 30.3. The Morgan fingerprint density at radius 3 is 2.24 bits per heavy atom. The van der Waals surface area contributed by atoms with Crippen molar-refractivity contribution < 1.29 is 22.7 Å². The molecule has 220 valence electrons. The first-order valence-electron chi connectivity index (χ1n) is 13.2. The van der Waals surface area contributed by atoms with Gasteiger partial charge in [0, 0.05) is 22.6 Å². The van der Waals surface area contributed by atoms with E-state index >= 15 is 0 Å². The molecule has 0 fully saturated rings. The summed E-state index contributed by atoms with van der Waals surface area (Å²) >= 11 is 12.5. The van der Waals surface area contributed by atoms with Gasteiger partial charge in [0.15, 0.2) is 0 Å². The molecule has 1 unspecified atom stereocenters. The molecule has 41 heavy (non-hydrogen) atoms. The molecule has 0 spiro atoms. The van der Waals surface area contributed by atoms with E-state index in [0.717, 1.165) is 9.87 Å². The fourth-order valence-corrected chi connectivity index (χ4v) is 6.01. The number of carbonyl (C=O) groups excluding carboxylic acids is 2. The summed E-state index contributed by atoms with van der Waals surface area (Å²) in [6.45, 7) is 8.50. The number of anilines is 1. The van der Waals surface area contributed by atoms with Crippen LogP contribution in [0.4, 0.5) is 5.69 Å². The first-order valence-corrected chi connectivity index (χ1v) is 15.4. The molecular formula is C30H35Cl2N3O5S. The number of para-hydroxylation sites is 2. The Balaban J connectivity index is 2.10. The Bertz CT molecular complexity index is 1480. The van der Waals surface area contributed by atoms with E-state index in [1.54, 1.807) is 68.4 Å². The van der Waals surface area contributed by atoms with Crippen LogP contribution in [0.5, 0.6) is 5.75 Å². The molecule has 1 atom stereocenters. The van der Waals surface area contributed by atoms with Gasteiger partial charge < -0.3 is 15.0 Å². The molecule has 8 nitrogen and oxygen atoms in total. The van der Waals surface area contributed by atoms with Crippen molar-refractivity contribution in [1.29, 1.82) is 0 Å². The summed E-state index contributed by atoms with van der Waals surface area (Å²) < 4.78 is 34.8. The monoisotopic (exact) mass is 619 g/mol. The van der Waals surface area contributed by atoms with E-state index in [1.807, 2.05) is 20.8 Å². The zero-order valence-corrected chi connectivity index (χ0v) is 26.1. The summed E-state index contributed by atoms with van der Waals surface area (Å²) in [5.41, 5.74) is 1.64. The Morgan fingerprint density at radius 2 is 1.63 bits per heavy atom. The van der Waals surface area contributed by atoms with Crippen LogP contribution in [0.25, 0.3) is 0 Å². The maximum Gasteiger partial charge on any atom is 0.264 e. The quantitative estimate of drug-likeness (QED) is 0.275. The topological polar surface area (TPSA) is 96.0 Å². The molecule has 0 aromatic heterocycles. The van der Waals surface area contributed by atoms with Gasteiger partial charge in [-0.25, -0.2) is 8.42 Å². The smallest absolute Gasteiger partial charge is 0.264 e. The van der Waals surface area contributed by atoms with Gasteiger partial charge in [-0.05, 0) is 76.6 Å². The molecule has 0 saturated heterocycles. The normalized spacial score (nSPS) is 12.1. The van der Waals surface area contributed by atoms with Crippen molar-refractivity contribution in [3.8, 4) is 5.75 Å². The van der Waals surface area contributed by atoms with E-state index < -0.39 is 28.5 Å². The van der Waals surface area contributed by atoms with E-state index in [9.17, 15) is 18.0 Å². The highest BCUT2D eigenvalue weighted by Crippen LogP contribution is 2.33. The first kappa shape index (κ1) is 32.2. The third kappa shape index (κ3) is 8.15. The Hall–Kier alpha value is -3.27. The van der Waals surface area contributed by atoms with E-state index in [1.165, 1.54) is 17.0 Å². The number of hydrogen-bond acceptors (Lipinski definition) is 5. The van der Waals surface area contributed by atoms with Gasteiger partial charge in [-0.2, -0.15) is 0 Å². The largest absolute Gasteiger partial charge is 0.492 e. The van der Waals surface area contributed by atoms with E-state index in [0.29, 0.717) is 21.4 Å². The maximum absolute atomic E-state index is 14.1. The average Bonchev–Trinajstić information content (AvgIpc) is 2.91. The van der Waals surface area contributed by atoms with Crippen LogP contribution in [0.3, 0.4) is 0 Å².